The maximum atomic E-state index is 11.8. The van der Waals surface area contributed by atoms with Gasteiger partial charge in [-0.2, -0.15) is 0 Å². The molecule has 0 aliphatic heterocycles. The predicted molar refractivity (Wildman–Crippen MR) is 75.2 cm³/mol. The maximum absolute atomic E-state index is 11.8. The van der Waals surface area contributed by atoms with Crippen LogP contribution in [0.1, 0.15) is 23.0 Å². The van der Waals surface area contributed by atoms with Crippen molar-refractivity contribution in [1.29, 1.82) is 0 Å². The highest BCUT2D eigenvalue weighted by Crippen LogP contribution is 2.09. The van der Waals surface area contributed by atoms with Crippen molar-refractivity contribution in [2.75, 3.05) is 5.32 Å². The van der Waals surface area contributed by atoms with Crippen LogP contribution in [-0.2, 0) is 6.42 Å². The van der Waals surface area contributed by atoms with Gasteiger partial charge in [-0.05, 0) is 25.1 Å². The van der Waals surface area contributed by atoms with Gasteiger partial charge in [0.25, 0.3) is 0 Å². The Kier molecular flexibility index (Phi) is 4.55. The van der Waals surface area contributed by atoms with E-state index >= 15 is 0 Å². The number of amides is 2. The largest absolute Gasteiger partial charge is 0.478 e. The van der Waals surface area contributed by atoms with Crippen LogP contribution in [0, 0.1) is 0 Å². The summed E-state index contributed by atoms with van der Waals surface area (Å²) < 4.78 is 5.20. The highest BCUT2D eigenvalue weighted by Gasteiger charge is 2.11. The van der Waals surface area contributed by atoms with Crippen LogP contribution < -0.4 is 10.6 Å². The molecule has 2 amide bonds. The standard InChI is InChI=1S/C14H15N3O4/c1-9(5-12-3-2-4-21-12)16-14(20)17-11-6-10(13(18)19)7-15-8-11/h2-4,6-9H,5H2,1H3,(H,18,19)(H2,16,17,20). The van der Waals surface area contributed by atoms with E-state index in [0.29, 0.717) is 12.1 Å². The molecule has 0 spiro atoms. The van der Waals surface area contributed by atoms with Gasteiger partial charge in [-0.3, -0.25) is 4.98 Å². The monoisotopic (exact) mass is 289 g/mol. The molecule has 0 fully saturated rings. The zero-order valence-corrected chi connectivity index (χ0v) is 11.4. The smallest absolute Gasteiger partial charge is 0.337 e. The van der Waals surface area contributed by atoms with Gasteiger partial charge in [-0.1, -0.05) is 0 Å². The number of carboxylic acids is 1. The summed E-state index contributed by atoms with van der Waals surface area (Å²) in [7, 11) is 0. The molecular formula is C14H15N3O4. The Bertz CT molecular complexity index is 625. The van der Waals surface area contributed by atoms with Crippen LogP contribution in [-0.4, -0.2) is 28.1 Å². The molecule has 3 N–H and O–H groups in total. The third kappa shape index (κ3) is 4.34. The van der Waals surface area contributed by atoms with Crippen LogP contribution in [0.2, 0.25) is 0 Å². The molecule has 2 aromatic rings. The number of pyridine rings is 1. The second-order valence-electron chi connectivity index (χ2n) is 4.55. The molecule has 1 unspecified atom stereocenters. The van der Waals surface area contributed by atoms with Gasteiger partial charge in [0.1, 0.15) is 5.76 Å². The molecule has 0 saturated heterocycles. The van der Waals surface area contributed by atoms with Crippen molar-refractivity contribution >= 4 is 17.7 Å². The third-order valence-corrected chi connectivity index (χ3v) is 2.71. The average molecular weight is 289 g/mol. The van der Waals surface area contributed by atoms with Crippen molar-refractivity contribution in [2.45, 2.75) is 19.4 Å². The van der Waals surface area contributed by atoms with E-state index in [9.17, 15) is 9.59 Å². The Morgan fingerprint density at radius 1 is 1.43 bits per heavy atom. The summed E-state index contributed by atoms with van der Waals surface area (Å²) >= 11 is 0. The highest BCUT2D eigenvalue weighted by atomic mass is 16.4. The van der Waals surface area contributed by atoms with Crippen molar-refractivity contribution in [2.24, 2.45) is 0 Å². The number of aromatic nitrogens is 1. The predicted octanol–water partition coefficient (Wildman–Crippen LogP) is 2.13. The second kappa shape index (κ2) is 6.56. The van der Waals surface area contributed by atoms with E-state index in [0.717, 1.165) is 5.76 Å². The summed E-state index contributed by atoms with van der Waals surface area (Å²) in [6.45, 7) is 1.84. The maximum Gasteiger partial charge on any atom is 0.337 e. The lowest BCUT2D eigenvalue weighted by Gasteiger charge is -2.13. The van der Waals surface area contributed by atoms with E-state index in [1.54, 1.807) is 12.3 Å². The molecule has 2 aromatic heterocycles. The van der Waals surface area contributed by atoms with Crippen molar-refractivity contribution in [3.8, 4) is 0 Å². The van der Waals surface area contributed by atoms with E-state index in [-0.39, 0.29) is 11.6 Å². The molecule has 0 radical (unpaired) electrons. The number of furan rings is 1. The first-order chi connectivity index (χ1) is 10.0. The number of hydrogen-bond acceptors (Lipinski definition) is 4. The van der Waals surface area contributed by atoms with E-state index in [1.807, 2.05) is 13.0 Å². The first-order valence-electron chi connectivity index (χ1n) is 6.33. The molecular weight excluding hydrogens is 274 g/mol. The minimum Gasteiger partial charge on any atom is -0.478 e. The Morgan fingerprint density at radius 2 is 2.24 bits per heavy atom. The van der Waals surface area contributed by atoms with Gasteiger partial charge in [0.05, 0.1) is 23.7 Å². The number of carbonyl (C=O) groups is 2. The lowest BCUT2D eigenvalue weighted by molar-refractivity contribution is 0.0696. The molecule has 0 saturated carbocycles. The Labute approximate surface area is 121 Å². The number of urea groups is 1. The van der Waals surface area contributed by atoms with Crippen LogP contribution in [0.4, 0.5) is 10.5 Å². The number of anilines is 1. The molecule has 2 rings (SSSR count). The van der Waals surface area contributed by atoms with Gasteiger partial charge in [-0.25, -0.2) is 9.59 Å². The van der Waals surface area contributed by atoms with Crippen LogP contribution in [0.25, 0.3) is 0 Å². The van der Waals surface area contributed by atoms with Crippen molar-refractivity contribution in [1.82, 2.24) is 10.3 Å². The molecule has 21 heavy (non-hydrogen) atoms. The number of nitrogens with one attached hydrogen (secondary N) is 2. The Balaban J connectivity index is 1.89. The van der Waals surface area contributed by atoms with E-state index in [1.165, 1.54) is 18.5 Å². The number of carboxylic acid groups (broad SMARTS) is 1. The number of hydrogen-bond donors (Lipinski definition) is 3. The van der Waals surface area contributed by atoms with Crippen LogP contribution in [0.5, 0.6) is 0 Å². The first kappa shape index (κ1) is 14.6. The second-order valence-corrected chi connectivity index (χ2v) is 4.55. The normalized spacial score (nSPS) is 11.7. The third-order valence-electron chi connectivity index (χ3n) is 2.71. The zero-order chi connectivity index (χ0) is 15.2. The molecule has 110 valence electrons. The fraction of sp³-hybridized carbons (Fsp3) is 0.214. The van der Waals surface area contributed by atoms with Gasteiger partial charge in [0.2, 0.25) is 0 Å². The van der Waals surface area contributed by atoms with E-state index in [2.05, 4.69) is 15.6 Å². The molecule has 2 heterocycles. The SMILES string of the molecule is CC(Cc1ccco1)NC(=O)Nc1cncc(C(=O)O)c1. The molecule has 1 atom stereocenters. The summed E-state index contributed by atoms with van der Waals surface area (Å²) in [5.41, 5.74) is 0.328. The number of nitrogens with zero attached hydrogens (tertiary/aromatic N) is 1. The van der Waals surface area contributed by atoms with Gasteiger partial charge in [0.15, 0.2) is 0 Å². The fourth-order valence-corrected chi connectivity index (χ4v) is 1.80. The Hall–Kier alpha value is -2.83. The molecule has 0 aromatic carbocycles. The van der Waals surface area contributed by atoms with Crippen molar-refractivity contribution in [3.05, 3.63) is 48.2 Å². The summed E-state index contributed by atoms with van der Waals surface area (Å²) in [5, 5.41) is 14.1. The molecule has 0 bridgehead atoms. The number of aromatic carboxylic acids is 1. The Morgan fingerprint density at radius 3 is 2.90 bits per heavy atom. The van der Waals surface area contributed by atoms with Crippen molar-refractivity contribution < 1.29 is 19.1 Å². The highest BCUT2D eigenvalue weighted by molar-refractivity contribution is 5.92. The quantitative estimate of drug-likeness (QED) is 0.782. The van der Waals surface area contributed by atoms with Crippen LogP contribution in [0.3, 0.4) is 0 Å². The van der Waals surface area contributed by atoms with Gasteiger partial charge < -0.3 is 20.2 Å². The molecule has 7 heteroatoms. The average Bonchev–Trinajstić information content (AvgIpc) is 2.91. The number of rotatable bonds is 5. The summed E-state index contributed by atoms with van der Waals surface area (Å²) in [4.78, 5) is 26.4. The summed E-state index contributed by atoms with van der Waals surface area (Å²) in [5.74, 6) is -0.324. The molecule has 0 aliphatic carbocycles. The van der Waals surface area contributed by atoms with Gasteiger partial charge in [0, 0.05) is 18.7 Å². The van der Waals surface area contributed by atoms with E-state index in [4.69, 9.17) is 9.52 Å². The molecule has 7 nitrogen and oxygen atoms in total. The molecule has 0 aliphatic rings. The van der Waals surface area contributed by atoms with Crippen LogP contribution >= 0.6 is 0 Å². The topological polar surface area (TPSA) is 104 Å². The van der Waals surface area contributed by atoms with Gasteiger partial charge in [-0.15, -0.1) is 0 Å². The summed E-state index contributed by atoms with van der Waals surface area (Å²) in [6, 6.07) is 4.39. The zero-order valence-electron chi connectivity index (χ0n) is 11.4. The lowest BCUT2D eigenvalue weighted by Crippen LogP contribution is -2.37. The fourth-order valence-electron chi connectivity index (χ4n) is 1.80. The van der Waals surface area contributed by atoms with Gasteiger partial charge >= 0.3 is 12.0 Å². The van der Waals surface area contributed by atoms with E-state index < -0.39 is 12.0 Å². The lowest BCUT2D eigenvalue weighted by atomic mass is 10.2. The first-order valence-corrected chi connectivity index (χ1v) is 6.33. The van der Waals surface area contributed by atoms with Crippen molar-refractivity contribution in [3.63, 3.8) is 0 Å². The minimum absolute atomic E-state index is 0.0106. The van der Waals surface area contributed by atoms with Crippen LogP contribution in [0.15, 0.2) is 41.3 Å². The number of carbonyl (C=O) groups excluding carboxylic acids is 1. The summed E-state index contributed by atoms with van der Waals surface area (Å²) in [6.07, 6.45) is 4.73. The minimum atomic E-state index is -1.10.